The second-order valence-corrected chi connectivity index (χ2v) is 14.3. The van der Waals surface area contributed by atoms with Gasteiger partial charge in [-0.15, -0.1) is 5.10 Å². The van der Waals surface area contributed by atoms with Crippen LogP contribution in [0.15, 0.2) is 152 Å². The second-order valence-electron chi connectivity index (χ2n) is 14.3. The Morgan fingerprint density at radius 1 is 0.707 bits per heavy atom. The van der Waals surface area contributed by atoms with E-state index < -0.39 is 23.6 Å². The molecule has 0 radical (unpaired) electrons. The molecule has 1 unspecified atom stereocenters. The number of rotatable bonds is 14. The van der Waals surface area contributed by atoms with Crippen LogP contribution >= 0.6 is 0 Å². The molecule has 1 aromatic heterocycles. The van der Waals surface area contributed by atoms with Gasteiger partial charge < -0.3 is 15.4 Å². The molecule has 0 bridgehead atoms. The summed E-state index contributed by atoms with van der Waals surface area (Å²) in [5, 5.41) is 22.8. The van der Waals surface area contributed by atoms with E-state index in [9.17, 15) is 9.59 Å². The molecular formula is C48H47N7O3. The molecule has 7 aromatic rings. The van der Waals surface area contributed by atoms with Gasteiger partial charge in [-0.1, -0.05) is 157 Å². The van der Waals surface area contributed by atoms with Gasteiger partial charge in [-0.25, -0.2) is 9.48 Å². The molecule has 0 saturated carbocycles. The molecule has 1 heterocycles. The molecular weight excluding hydrogens is 723 g/mol. The molecule has 7 rings (SSSR count). The van der Waals surface area contributed by atoms with Crippen LogP contribution in [0.2, 0.25) is 0 Å². The Morgan fingerprint density at radius 3 is 1.79 bits per heavy atom. The van der Waals surface area contributed by atoms with Crippen molar-refractivity contribution in [2.75, 3.05) is 18.5 Å². The summed E-state index contributed by atoms with van der Waals surface area (Å²) in [7, 11) is 0. The van der Waals surface area contributed by atoms with E-state index >= 15 is 0 Å². The lowest BCUT2D eigenvalue weighted by atomic mass is 9.77. The molecule has 0 aliphatic heterocycles. The van der Waals surface area contributed by atoms with E-state index in [-0.39, 0.29) is 13.2 Å². The lowest BCUT2D eigenvalue weighted by molar-refractivity contribution is -0.145. The highest BCUT2D eigenvalue weighted by molar-refractivity contribution is 5.91. The number of tetrazole rings is 1. The fourth-order valence-electron chi connectivity index (χ4n) is 7.67. The van der Waals surface area contributed by atoms with E-state index in [1.54, 1.807) is 6.92 Å². The van der Waals surface area contributed by atoms with Crippen molar-refractivity contribution in [1.82, 2.24) is 30.8 Å². The number of carbonyl (C=O) groups excluding carboxylic acids is 2. The lowest BCUT2D eigenvalue weighted by Crippen LogP contribution is -2.47. The Labute approximate surface area is 339 Å². The first-order valence-corrected chi connectivity index (χ1v) is 19.5. The highest BCUT2D eigenvalue weighted by Crippen LogP contribution is 2.43. The number of esters is 1. The maximum atomic E-state index is 13.0. The number of hydrogen-bond acceptors (Lipinski definition) is 7. The molecule has 0 aliphatic carbocycles. The van der Waals surface area contributed by atoms with E-state index in [4.69, 9.17) is 15.0 Å². The monoisotopic (exact) mass is 769 g/mol. The summed E-state index contributed by atoms with van der Waals surface area (Å²) in [6.45, 7) is 8.35. The summed E-state index contributed by atoms with van der Waals surface area (Å²) < 4.78 is 7.29. The van der Waals surface area contributed by atoms with E-state index in [0.717, 1.165) is 61.3 Å². The Morgan fingerprint density at radius 2 is 1.24 bits per heavy atom. The minimum Gasteiger partial charge on any atom is -0.465 e. The number of nitrogens with one attached hydrogen (secondary N) is 3. The van der Waals surface area contributed by atoms with Gasteiger partial charge in [-0.05, 0) is 82.6 Å². The molecule has 0 fully saturated rings. The summed E-state index contributed by atoms with van der Waals surface area (Å²) >= 11 is 0. The van der Waals surface area contributed by atoms with Gasteiger partial charge in [0.15, 0.2) is 5.82 Å². The van der Waals surface area contributed by atoms with Crippen molar-refractivity contribution < 1.29 is 14.3 Å². The molecule has 58 heavy (non-hydrogen) atoms. The molecule has 10 nitrogen and oxygen atoms in total. The zero-order valence-corrected chi connectivity index (χ0v) is 33.1. The minimum absolute atomic E-state index is 0.0469. The Kier molecular flexibility index (Phi) is 12.1. The number of amides is 2. The fourth-order valence-corrected chi connectivity index (χ4v) is 7.67. The van der Waals surface area contributed by atoms with Gasteiger partial charge in [0, 0.05) is 24.3 Å². The quantitative estimate of drug-likeness (QED) is 0.0748. The summed E-state index contributed by atoms with van der Waals surface area (Å²) in [6, 6.07) is 50.2. The third-order valence-corrected chi connectivity index (χ3v) is 10.3. The van der Waals surface area contributed by atoms with Crippen LogP contribution in [0.4, 0.5) is 10.5 Å². The highest BCUT2D eigenvalue weighted by atomic mass is 16.5. The highest BCUT2D eigenvalue weighted by Gasteiger charge is 2.42. The molecule has 0 aliphatic rings. The number of hydrogen-bond donors (Lipinski definition) is 3. The number of nitrogens with zero attached hydrogens (tertiary/aromatic N) is 4. The predicted molar refractivity (Wildman–Crippen MR) is 228 cm³/mol. The van der Waals surface area contributed by atoms with Crippen LogP contribution in [0.3, 0.4) is 0 Å². The van der Waals surface area contributed by atoms with Crippen molar-refractivity contribution >= 4 is 17.7 Å². The first-order chi connectivity index (χ1) is 28.3. The van der Waals surface area contributed by atoms with Gasteiger partial charge in [0.1, 0.15) is 11.6 Å². The molecule has 3 N–H and O–H groups in total. The SMILES string of the molecule is CCOC(=O)C(CNC(=O)Nc1c(C)cc(C)cc1C)NCc1ccc(-c2ccccc2-c2nnnn2C(c2ccccc2)(c2ccccc2)c2ccccc2)cc1. The normalized spacial score (nSPS) is 11.8. The largest absolute Gasteiger partial charge is 0.465 e. The number of aromatic nitrogens is 4. The third kappa shape index (κ3) is 8.28. The number of urea groups is 1. The zero-order chi connectivity index (χ0) is 40.5. The van der Waals surface area contributed by atoms with Crippen molar-refractivity contribution in [2.24, 2.45) is 0 Å². The van der Waals surface area contributed by atoms with Crippen LogP contribution in [0.1, 0.15) is 45.9 Å². The molecule has 6 aromatic carbocycles. The lowest BCUT2D eigenvalue weighted by Gasteiger charge is -2.36. The summed E-state index contributed by atoms with van der Waals surface area (Å²) in [6.07, 6.45) is 0. The number of ether oxygens (including phenoxy) is 1. The van der Waals surface area contributed by atoms with Crippen LogP contribution in [-0.2, 0) is 21.6 Å². The van der Waals surface area contributed by atoms with Gasteiger partial charge >= 0.3 is 12.0 Å². The van der Waals surface area contributed by atoms with Crippen molar-refractivity contribution in [3.8, 4) is 22.5 Å². The van der Waals surface area contributed by atoms with Gasteiger partial charge in [0.25, 0.3) is 0 Å². The first-order valence-electron chi connectivity index (χ1n) is 19.5. The number of benzene rings is 6. The minimum atomic E-state index is -0.894. The van der Waals surface area contributed by atoms with E-state index in [1.807, 2.05) is 123 Å². The number of anilines is 1. The van der Waals surface area contributed by atoms with Crippen LogP contribution in [0.5, 0.6) is 0 Å². The van der Waals surface area contributed by atoms with E-state index in [1.165, 1.54) is 0 Å². The van der Waals surface area contributed by atoms with Gasteiger partial charge in [-0.2, -0.15) is 0 Å². The first kappa shape index (κ1) is 39.3. The maximum absolute atomic E-state index is 13.0. The second kappa shape index (κ2) is 17.9. The van der Waals surface area contributed by atoms with Crippen molar-refractivity contribution in [1.29, 1.82) is 0 Å². The average Bonchev–Trinajstić information content (AvgIpc) is 3.74. The topological polar surface area (TPSA) is 123 Å². The third-order valence-electron chi connectivity index (χ3n) is 10.3. The maximum Gasteiger partial charge on any atom is 0.324 e. The fraction of sp³-hybridized carbons (Fsp3) is 0.188. The molecule has 2 amide bonds. The molecule has 292 valence electrons. The van der Waals surface area contributed by atoms with Crippen LogP contribution in [-0.4, -0.2) is 51.4 Å². The van der Waals surface area contributed by atoms with Gasteiger partial charge in [-0.3, -0.25) is 10.1 Å². The van der Waals surface area contributed by atoms with Crippen LogP contribution in [0, 0.1) is 20.8 Å². The summed E-state index contributed by atoms with van der Waals surface area (Å²) in [4.78, 5) is 25.9. The van der Waals surface area contributed by atoms with Crippen molar-refractivity contribution in [3.05, 3.63) is 191 Å². The molecule has 1 atom stereocenters. The average molecular weight is 770 g/mol. The summed E-state index contributed by atoms with van der Waals surface area (Å²) in [5.41, 5.74) is 9.73. The number of aryl methyl sites for hydroxylation is 3. The Balaban J connectivity index is 1.15. The standard InChI is InChI=1S/C48H47N7O3/c1-5-58-46(56)43(32-50-47(57)51-44-34(3)29-33(2)30-35(44)4)49-31-36-25-27-37(28-26-36)41-23-15-16-24-42(41)45-52-53-54-55(45)48(38-17-9-6-10-18-38,39-19-11-7-12-20-39)40-21-13-8-14-22-40/h6-30,43,49H,5,31-32H2,1-4H3,(H2,50,51,57). The smallest absolute Gasteiger partial charge is 0.324 e. The number of carbonyl (C=O) groups is 2. The molecule has 10 heteroatoms. The van der Waals surface area contributed by atoms with Gasteiger partial charge in [0.2, 0.25) is 0 Å². The molecule has 0 spiro atoms. The van der Waals surface area contributed by atoms with Crippen LogP contribution in [0.25, 0.3) is 22.5 Å². The zero-order valence-electron chi connectivity index (χ0n) is 33.1. The van der Waals surface area contributed by atoms with Crippen molar-refractivity contribution in [3.63, 3.8) is 0 Å². The predicted octanol–water partition coefficient (Wildman–Crippen LogP) is 8.62. The Bertz CT molecular complexity index is 2350. The van der Waals surface area contributed by atoms with E-state index in [0.29, 0.717) is 12.4 Å². The van der Waals surface area contributed by atoms with E-state index in [2.05, 4.69) is 75.8 Å². The van der Waals surface area contributed by atoms with Crippen LogP contribution < -0.4 is 16.0 Å². The Hall–Kier alpha value is -6.91. The summed E-state index contributed by atoms with van der Waals surface area (Å²) in [5.74, 6) is 0.172. The van der Waals surface area contributed by atoms with Crippen molar-refractivity contribution in [2.45, 2.75) is 45.8 Å². The van der Waals surface area contributed by atoms with Gasteiger partial charge in [0.05, 0.1) is 6.61 Å². The molecule has 0 saturated heterocycles.